The third-order valence-corrected chi connectivity index (χ3v) is 3.60. The lowest BCUT2D eigenvalue weighted by Crippen LogP contribution is -1.92. The average Bonchev–Trinajstić information content (AvgIpc) is 2.61. The molecule has 0 saturated heterocycles. The van der Waals surface area contributed by atoms with E-state index in [1.165, 1.54) is 0 Å². The lowest BCUT2D eigenvalue weighted by molar-refractivity contribution is 0.104. The fraction of sp³-hybridized carbons (Fsp3) is 0. The first kappa shape index (κ1) is 14.8. The summed E-state index contributed by atoms with van der Waals surface area (Å²) in [5.41, 5.74) is 3.76. The van der Waals surface area contributed by atoms with Crippen LogP contribution in [0.3, 0.4) is 0 Å². The Morgan fingerprint density at radius 3 is 1.91 bits per heavy atom. The van der Waals surface area contributed by atoms with Gasteiger partial charge in [-0.15, -0.1) is 0 Å². The Labute approximate surface area is 135 Å². The second kappa shape index (κ2) is 6.75. The topological polar surface area (TPSA) is 37.3 Å². The van der Waals surface area contributed by atoms with E-state index >= 15 is 0 Å². The van der Waals surface area contributed by atoms with Gasteiger partial charge in [0.1, 0.15) is 5.75 Å². The Balaban J connectivity index is 1.74. The lowest BCUT2D eigenvalue weighted by atomic mass is 10.0. The zero-order chi connectivity index (χ0) is 16.1. The van der Waals surface area contributed by atoms with E-state index in [0.717, 1.165) is 16.7 Å². The largest absolute Gasteiger partial charge is 0.508 e. The van der Waals surface area contributed by atoms with Crippen LogP contribution in [0.4, 0.5) is 0 Å². The van der Waals surface area contributed by atoms with Crippen molar-refractivity contribution in [3.05, 3.63) is 96.1 Å². The molecule has 112 valence electrons. The molecule has 0 unspecified atom stereocenters. The van der Waals surface area contributed by atoms with E-state index in [9.17, 15) is 9.90 Å². The molecule has 0 fully saturated rings. The second-order valence-electron chi connectivity index (χ2n) is 5.23. The third-order valence-electron chi connectivity index (χ3n) is 3.60. The summed E-state index contributed by atoms with van der Waals surface area (Å²) in [5, 5.41) is 9.32. The zero-order valence-electron chi connectivity index (χ0n) is 12.5. The highest BCUT2D eigenvalue weighted by molar-refractivity contribution is 6.06. The first-order valence-corrected chi connectivity index (χ1v) is 7.39. The molecule has 2 heteroatoms. The van der Waals surface area contributed by atoms with Crippen molar-refractivity contribution in [3.63, 3.8) is 0 Å². The SMILES string of the molecule is O=C(/C=C/c1ccc(-c2ccc(O)cc2)cc1)c1ccccc1. The molecule has 0 aliphatic rings. The van der Waals surface area contributed by atoms with Crippen molar-refractivity contribution in [1.82, 2.24) is 0 Å². The maximum atomic E-state index is 12.0. The van der Waals surface area contributed by atoms with E-state index in [0.29, 0.717) is 5.56 Å². The number of aromatic hydroxyl groups is 1. The summed E-state index contributed by atoms with van der Waals surface area (Å²) < 4.78 is 0. The van der Waals surface area contributed by atoms with Crippen LogP contribution in [0.15, 0.2) is 84.9 Å². The third kappa shape index (κ3) is 3.74. The molecular weight excluding hydrogens is 284 g/mol. The molecule has 3 rings (SSSR count). The number of benzene rings is 3. The van der Waals surface area contributed by atoms with Crippen LogP contribution >= 0.6 is 0 Å². The van der Waals surface area contributed by atoms with E-state index in [1.807, 2.05) is 60.7 Å². The number of carbonyl (C=O) groups excluding carboxylic acids is 1. The number of hydrogen-bond donors (Lipinski definition) is 1. The molecule has 0 heterocycles. The van der Waals surface area contributed by atoms with Gasteiger partial charge in [0.25, 0.3) is 0 Å². The monoisotopic (exact) mass is 300 g/mol. The number of phenolic OH excluding ortho intramolecular Hbond substituents is 1. The smallest absolute Gasteiger partial charge is 0.185 e. The minimum absolute atomic E-state index is 0.00629. The van der Waals surface area contributed by atoms with E-state index < -0.39 is 0 Å². The molecule has 0 aliphatic heterocycles. The molecule has 0 saturated carbocycles. The van der Waals surface area contributed by atoms with Gasteiger partial charge in [0.05, 0.1) is 0 Å². The molecule has 0 aromatic heterocycles. The maximum Gasteiger partial charge on any atom is 0.185 e. The Morgan fingerprint density at radius 1 is 0.739 bits per heavy atom. The summed E-state index contributed by atoms with van der Waals surface area (Å²) in [5.74, 6) is 0.251. The van der Waals surface area contributed by atoms with Crippen molar-refractivity contribution in [3.8, 4) is 16.9 Å². The molecule has 3 aromatic carbocycles. The van der Waals surface area contributed by atoms with E-state index in [2.05, 4.69) is 0 Å². The van der Waals surface area contributed by atoms with Crippen LogP contribution in [-0.2, 0) is 0 Å². The predicted octanol–water partition coefficient (Wildman–Crippen LogP) is 4.96. The highest BCUT2D eigenvalue weighted by atomic mass is 16.3. The molecule has 0 bridgehead atoms. The van der Waals surface area contributed by atoms with Crippen molar-refractivity contribution >= 4 is 11.9 Å². The van der Waals surface area contributed by atoms with Crippen molar-refractivity contribution in [1.29, 1.82) is 0 Å². The Morgan fingerprint density at radius 2 is 1.30 bits per heavy atom. The average molecular weight is 300 g/mol. The highest BCUT2D eigenvalue weighted by Crippen LogP contribution is 2.22. The summed E-state index contributed by atoms with van der Waals surface area (Å²) in [7, 11) is 0. The van der Waals surface area contributed by atoms with Gasteiger partial charge in [0, 0.05) is 5.56 Å². The van der Waals surface area contributed by atoms with Crippen LogP contribution in [-0.4, -0.2) is 10.9 Å². The number of hydrogen-bond acceptors (Lipinski definition) is 2. The van der Waals surface area contributed by atoms with E-state index in [4.69, 9.17) is 0 Å². The minimum atomic E-state index is -0.00629. The molecule has 0 amide bonds. The molecule has 0 spiro atoms. The van der Waals surface area contributed by atoms with Gasteiger partial charge in [-0.1, -0.05) is 72.8 Å². The van der Waals surface area contributed by atoms with Crippen LogP contribution in [0.2, 0.25) is 0 Å². The maximum absolute atomic E-state index is 12.0. The molecule has 23 heavy (non-hydrogen) atoms. The summed E-state index contributed by atoms with van der Waals surface area (Å²) in [4.78, 5) is 12.0. The number of rotatable bonds is 4. The first-order valence-electron chi connectivity index (χ1n) is 7.39. The summed E-state index contributed by atoms with van der Waals surface area (Å²) in [6.45, 7) is 0. The molecular formula is C21H16O2. The summed E-state index contributed by atoms with van der Waals surface area (Å²) >= 11 is 0. The standard InChI is InChI=1S/C21H16O2/c22-20-13-11-18(12-14-20)17-9-6-16(7-10-17)8-15-21(23)19-4-2-1-3-5-19/h1-15,22H/b15-8+. The lowest BCUT2D eigenvalue weighted by Gasteiger charge is -2.02. The van der Waals surface area contributed by atoms with Crippen LogP contribution in [0.25, 0.3) is 17.2 Å². The van der Waals surface area contributed by atoms with Crippen molar-refractivity contribution in [2.24, 2.45) is 0 Å². The number of ketones is 1. The van der Waals surface area contributed by atoms with Crippen LogP contribution < -0.4 is 0 Å². The van der Waals surface area contributed by atoms with Gasteiger partial charge in [-0.05, 0) is 34.9 Å². The van der Waals surface area contributed by atoms with E-state index in [-0.39, 0.29) is 11.5 Å². The fourth-order valence-electron chi connectivity index (χ4n) is 2.31. The fourth-order valence-corrected chi connectivity index (χ4v) is 2.31. The molecule has 0 atom stereocenters. The molecule has 2 nitrogen and oxygen atoms in total. The van der Waals surface area contributed by atoms with Crippen LogP contribution in [0.5, 0.6) is 5.75 Å². The Kier molecular flexibility index (Phi) is 4.34. The van der Waals surface area contributed by atoms with Crippen molar-refractivity contribution in [2.75, 3.05) is 0 Å². The zero-order valence-corrected chi connectivity index (χ0v) is 12.5. The van der Waals surface area contributed by atoms with Gasteiger partial charge in [0.2, 0.25) is 0 Å². The van der Waals surface area contributed by atoms with E-state index in [1.54, 1.807) is 30.3 Å². The quantitative estimate of drug-likeness (QED) is 0.546. The number of allylic oxidation sites excluding steroid dienone is 1. The second-order valence-corrected chi connectivity index (χ2v) is 5.23. The van der Waals surface area contributed by atoms with Crippen molar-refractivity contribution < 1.29 is 9.90 Å². The summed E-state index contributed by atoms with van der Waals surface area (Å²) in [6, 6.07) is 24.2. The van der Waals surface area contributed by atoms with Gasteiger partial charge in [-0.25, -0.2) is 0 Å². The molecule has 3 aromatic rings. The highest BCUT2D eigenvalue weighted by Gasteiger charge is 2.00. The molecule has 0 aliphatic carbocycles. The van der Waals surface area contributed by atoms with Gasteiger partial charge in [-0.2, -0.15) is 0 Å². The normalized spacial score (nSPS) is 10.8. The van der Waals surface area contributed by atoms with Crippen LogP contribution in [0.1, 0.15) is 15.9 Å². The Bertz CT molecular complexity index is 814. The number of carbonyl (C=O) groups is 1. The van der Waals surface area contributed by atoms with Gasteiger partial charge in [0.15, 0.2) is 5.78 Å². The molecule has 0 radical (unpaired) electrons. The summed E-state index contributed by atoms with van der Waals surface area (Å²) in [6.07, 6.45) is 3.40. The van der Waals surface area contributed by atoms with Crippen molar-refractivity contribution in [2.45, 2.75) is 0 Å². The minimum Gasteiger partial charge on any atom is -0.508 e. The first-order chi connectivity index (χ1) is 11.2. The predicted molar refractivity (Wildman–Crippen MR) is 93.3 cm³/mol. The van der Waals surface area contributed by atoms with Gasteiger partial charge in [-0.3, -0.25) is 4.79 Å². The Hall–Kier alpha value is -3.13. The number of phenols is 1. The van der Waals surface area contributed by atoms with Gasteiger partial charge >= 0.3 is 0 Å². The molecule has 1 N–H and O–H groups in total. The van der Waals surface area contributed by atoms with Gasteiger partial charge < -0.3 is 5.11 Å². The van der Waals surface area contributed by atoms with Crippen LogP contribution in [0, 0.1) is 0 Å².